The Morgan fingerprint density at radius 2 is 1.95 bits per heavy atom. The number of nitrogens with one attached hydrogen (secondary N) is 1. The average molecular weight is 287 g/mol. The first-order chi connectivity index (χ1) is 10.9. The average Bonchev–Trinajstić information content (AvgIpc) is 3.18. The van der Waals surface area contributed by atoms with Gasteiger partial charge in [-0.05, 0) is 37.0 Å². The molecular formula is C19H17N3. The normalized spacial score (nSPS) is 17.9. The molecule has 1 unspecified atom stereocenters. The number of fused-ring (bicyclic) bond motifs is 4. The van der Waals surface area contributed by atoms with Crippen molar-refractivity contribution in [3.05, 3.63) is 66.2 Å². The third kappa shape index (κ3) is 1.65. The molecule has 2 aromatic heterocycles. The number of nitrogens with zero attached hydrogens (tertiary/aromatic N) is 2. The van der Waals surface area contributed by atoms with Crippen LogP contribution in [0.2, 0.25) is 0 Å². The number of imidazole rings is 1. The second-order valence-electron chi connectivity index (χ2n) is 6.18. The van der Waals surface area contributed by atoms with Crippen molar-refractivity contribution in [2.45, 2.75) is 25.3 Å². The molecule has 0 spiro atoms. The number of benzene rings is 2. The van der Waals surface area contributed by atoms with Crippen molar-refractivity contribution < 1.29 is 0 Å². The summed E-state index contributed by atoms with van der Waals surface area (Å²) in [7, 11) is 0. The maximum absolute atomic E-state index is 4.33. The molecule has 3 nitrogen and oxygen atoms in total. The fraction of sp³-hybridized carbons (Fsp3) is 0.211. The van der Waals surface area contributed by atoms with Gasteiger partial charge in [-0.25, -0.2) is 4.98 Å². The second-order valence-corrected chi connectivity index (χ2v) is 6.18. The first-order valence-corrected chi connectivity index (χ1v) is 7.91. The molecule has 0 saturated heterocycles. The van der Waals surface area contributed by atoms with Crippen molar-refractivity contribution in [2.24, 2.45) is 0 Å². The minimum Gasteiger partial charge on any atom is -0.355 e. The summed E-state index contributed by atoms with van der Waals surface area (Å²) in [6, 6.07) is 15.8. The van der Waals surface area contributed by atoms with Crippen molar-refractivity contribution in [2.75, 3.05) is 0 Å². The van der Waals surface area contributed by atoms with Gasteiger partial charge < -0.3 is 9.55 Å². The van der Waals surface area contributed by atoms with Crippen molar-refractivity contribution in [1.82, 2.24) is 14.5 Å². The predicted octanol–water partition coefficient (Wildman–Crippen LogP) is 4.44. The summed E-state index contributed by atoms with van der Waals surface area (Å²) in [5.74, 6) is 0. The zero-order valence-electron chi connectivity index (χ0n) is 12.3. The number of aromatic amines is 1. The molecule has 2 aromatic carbocycles. The molecule has 0 radical (unpaired) electrons. The van der Waals surface area contributed by atoms with Crippen molar-refractivity contribution in [1.29, 1.82) is 0 Å². The quantitative estimate of drug-likeness (QED) is 0.551. The summed E-state index contributed by atoms with van der Waals surface area (Å²) >= 11 is 0. The van der Waals surface area contributed by atoms with Gasteiger partial charge in [0.05, 0.1) is 12.4 Å². The molecule has 108 valence electrons. The zero-order chi connectivity index (χ0) is 14.5. The van der Waals surface area contributed by atoms with E-state index in [9.17, 15) is 0 Å². The minimum absolute atomic E-state index is 0.419. The fourth-order valence-electron chi connectivity index (χ4n) is 3.83. The third-order valence-corrected chi connectivity index (χ3v) is 4.91. The number of aryl methyl sites for hydroxylation is 1. The van der Waals surface area contributed by atoms with Crippen LogP contribution < -0.4 is 0 Å². The maximum atomic E-state index is 4.33. The molecule has 3 heterocycles. The van der Waals surface area contributed by atoms with E-state index in [1.165, 1.54) is 45.9 Å². The summed E-state index contributed by atoms with van der Waals surface area (Å²) in [6.07, 6.45) is 7.56. The number of aromatic nitrogens is 3. The van der Waals surface area contributed by atoms with Gasteiger partial charge in [-0.2, -0.15) is 0 Å². The molecule has 4 aromatic rings. The number of hydrogen-bond acceptors (Lipinski definition) is 1. The van der Waals surface area contributed by atoms with Crippen LogP contribution in [0.1, 0.15) is 30.1 Å². The zero-order valence-corrected chi connectivity index (χ0v) is 12.3. The van der Waals surface area contributed by atoms with Crippen LogP contribution in [0, 0.1) is 0 Å². The van der Waals surface area contributed by atoms with Crippen LogP contribution in [0.25, 0.3) is 21.8 Å². The Balaban J connectivity index is 1.69. The predicted molar refractivity (Wildman–Crippen MR) is 89.1 cm³/mol. The van der Waals surface area contributed by atoms with E-state index in [4.69, 9.17) is 0 Å². The van der Waals surface area contributed by atoms with Gasteiger partial charge in [0.2, 0.25) is 0 Å². The van der Waals surface area contributed by atoms with Crippen molar-refractivity contribution in [3.63, 3.8) is 0 Å². The highest BCUT2D eigenvalue weighted by atomic mass is 15.1. The third-order valence-electron chi connectivity index (χ3n) is 4.91. The summed E-state index contributed by atoms with van der Waals surface area (Å²) in [5, 5.41) is 2.61. The molecule has 22 heavy (non-hydrogen) atoms. The highest BCUT2D eigenvalue weighted by Gasteiger charge is 2.21. The van der Waals surface area contributed by atoms with Gasteiger partial charge >= 0.3 is 0 Å². The Labute approximate surface area is 128 Å². The van der Waals surface area contributed by atoms with E-state index in [0.717, 1.165) is 6.42 Å². The number of hydrogen-bond donors (Lipinski definition) is 1. The van der Waals surface area contributed by atoms with Crippen LogP contribution in [0.4, 0.5) is 0 Å². The van der Waals surface area contributed by atoms with Gasteiger partial charge in [-0.15, -0.1) is 0 Å². The van der Waals surface area contributed by atoms with Gasteiger partial charge in [0.1, 0.15) is 0 Å². The monoisotopic (exact) mass is 287 g/mol. The van der Waals surface area contributed by atoms with Crippen molar-refractivity contribution >= 4 is 21.8 Å². The Kier molecular flexibility index (Phi) is 2.45. The molecule has 1 aliphatic heterocycles. The lowest BCUT2D eigenvalue weighted by Crippen LogP contribution is -2.17. The summed E-state index contributed by atoms with van der Waals surface area (Å²) in [5.41, 5.74) is 5.17. The largest absolute Gasteiger partial charge is 0.355 e. The molecule has 1 atom stereocenters. The highest BCUT2D eigenvalue weighted by molar-refractivity contribution is 6.07. The van der Waals surface area contributed by atoms with Gasteiger partial charge in [-0.3, -0.25) is 0 Å². The Morgan fingerprint density at radius 1 is 1.05 bits per heavy atom. The molecule has 0 saturated carbocycles. The summed E-state index contributed by atoms with van der Waals surface area (Å²) in [6.45, 7) is 0. The van der Waals surface area contributed by atoms with E-state index < -0.39 is 0 Å². The van der Waals surface area contributed by atoms with Gasteiger partial charge in [0, 0.05) is 33.7 Å². The molecule has 1 aliphatic rings. The Morgan fingerprint density at radius 3 is 2.95 bits per heavy atom. The molecule has 5 rings (SSSR count). The minimum atomic E-state index is 0.419. The first kappa shape index (κ1) is 12.0. The molecule has 3 heteroatoms. The van der Waals surface area contributed by atoms with E-state index in [1.54, 1.807) is 0 Å². The molecule has 0 bridgehead atoms. The summed E-state index contributed by atoms with van der Waals surface area (Å²) < 4.78 is 2.34. The maximum Gasteiger partial charge on any atom is 0.0953 e. The number of H-pyrrole nitrogens is 1. The van der Waals surface area contributed by atoms with Gasteiger partial charge in [0.15, 0.2) is 0 Å². The fourth-order valence-corrected chi connectivity index (χ4v) is 3.83. The molecule has 0 fully saturated rings. The van der Waals surface area contributed by atoms with Gasteiger partial charge in [-0.1, -0.05) is 30.3 Å². The topological polar surface area (TPSA) is 33.6 Å². The second kappa shape index (κ2) is 4.47. The molecule has 1 N–H and O–H groups in total. The van der Waals surface area contributed by atoms with E-state index in [1.807, 2.05) is 12.5 Å². The van der Waals surface area contributed by atoms with Crippen LogP contribution >= 0.6 is 0 Å². The Bertz CT molecular complexity index is 977. The van der Waals surface area contributed by atoms with E-state index in [2.05, 4.69) is 57.0 Å². The van der Waals surface area contributed by atoms with Gasteiger partial charge in [0.25, 0.3) is 0 Å². The lowest BCUT2D eigenvalue weighted by Gasteiger charge is -2.25. The first-order valence-electron chi connectivity index (χ1n) is 7.91. The van der Waals surface area contributed by atoms with Crippen molar-refractivity contribution in [3.8, 4) is 0 Å². The number of rotatable bonds is 1. The van der Waals surface area contributed by atoms with Crippen LogP contribution in [-0.2, 0) is 6.42 Å². The number of para-hydroxylation sites is 1. The van der Waals surface area contributed by atoms with Crippen LogP contribution in [0.5, 0.6) is 0 Å². The van der Waals surface area contributed by atoms with E-state index in [0.29, 0.717) is 6.04 Å². The standard InChI is InChI=1S/C19H17N3/c1-2-6-17-15(5-1)16-9-8-13(10-18(16)21-17)19-7-3-4-14-11-20-12-22(14)19/h1-2,5-6,8-12,19,21H,3-4,7H2. The lowest BCUT2D eigenvalue weighted by molar-refractivity contribution is 0.458. The highest BCUT2D eigenvalue weighted by Crippen LogP contribution is 2.33. The molecular weight excluding hydrogens is 270 g/mol. The van der Waals surface area contributed by atoms with Crippen LogP contribution in [0.3, 0.4) is 0 Å². The molecule has 0 amide bonds. The SMILES string of the molecule is c1ccc2c(c1)[nH]c1cc(C3CCCc4cncn43)ccc12. The summed E-state index contributed by atoms with van der Waals surface area (Å²) in [4.78, 5) is 7.88. The van der Waals surface area contributed by atoms with Crippen LogP contribution in [-0.4, -0.2) is 14.5 Å². The van der Waals surface area contributed by atoms with E-state index in [-0.39, 0.29) is 0 Å². The van der Waals surface area contributed by atoms with E-state index >= 15 is 0 Å². The Hall–Kier alpha value is -2.55. The molecule has 0 aliphatic carbocycles. The smallest absolute Gasteiger partial charge is 0.0953 e. The lowest BCUT2D eigenvalue weighted by atomic mass is 9.95. The van der Waals surface area contributed by atoms with Crippen LogP contribution in [0.15, 0.2) is 55.0 Å².